The van der Waals surface area contributed by atoms with Crippen LogP contribution in [0.15, 0.2) is 83.8 Å². The van der Waals surface area contributed by atoms with E-state index in [9.17, 15) is 10.1 Å². The molecule has 0 aliphatic heterocycles. The van der Waals surface area contributed by atoms with Crippen molar-refractivity contribution < 1.29 is 0 Å². The van der Waals surface area contributed by atoms with Crippen LogP contribution in [0.1, 0.15) is 5.56 Å². The number of hydrogen-bond acceptors (Lipinski definition) is 3. The molecule has 0 saturated heterocycles. The van der Waals surface area contributed by atoms with Crippen molar-refractivity contribution in [3.63, 3.8) is 0 Å². The zero-order chi connectivity index (χ0) is 19.1. The Bertz CT molecular complexity index is 1440. The molecule has 5 rings (SSSR count). The maximum atomic E-state index is 13.2. The number of H-pyrrole nitrogens is 1. The van der Waals surface area contributed by atoms with Gasteiger partial charge in [0.25, 0.3) is 5.56 Å². The number of rotatable bonds is 2. The van der Waals surface area contributed by atoms with Gasteiger partial charge in [0.2, 0.25) is 5.78 Å². The summed E-state index contributed by atoms with van der Waals surface area (Å²) < 4.78 is 1.47. The molecule has 0 bridgehead atoms. The van der Waals surface area contributed by atoms with Gasteiger partial charge in [0.05, 0.1) is 17.6 Å². The Kier molecular flexibility index (Phi) is 3.56. The van der Waals surface area contributed by atoms with Gasteiger partial charge in [-0.2, -0.15) is 5.26 Å². The van der Waals surface area contributed by atoms with Crippen LogP contribution in [0.3, 0.4) is 0 Å². The number of nitrogens with zero attached hydrogens (tertiary/aromatic N) is 3. The van der Waals surface area contributed by atoms with Crippen molar-refractivity contribution in [3.05, 3.63) is 94.9 Å². The summed E-state index contributed by atoms with van der Waals surface area (Å²) in [6, 6.07) is 25.4. The van der Waals surface area contributed by atoms with Gasteiger partial charge in [-0.15, -0.1) is 0 Å². The number of fused-ring (bicyclic) bond motifs is 2. The van der Waals surface area contributed by atoms with E-state index in [4.69, 9.17) is 0 Å². The Morgan fingerprint density at radius 3 is 2.43 bits per heavy atom. The van der Waals surface area contributed by atoms with Crippen LogP contribution in [0, 0.1) is 11.3 Å². The molecule has 0 aliphatic carbocycles. The molecule has 28 heavy (non-hydrogen) atoms. The minimum Gasteiger partial charge on any atom is -0.323 e. The second-order valence-corrected chi connectivity index (χ2v) is 6.52. The number of aromatic nitrogens is 3. The number of hydrogen-bond donors (Lipinski definition) is 1. The van der Waals surface area contributed by atoms with Gasteiger partial charge in [-0.05, 0) is 22.4 Å². The monoisotopic (exact) mass is 362 g/mol. The summed E-state index contributed by atoms with van der Waals surface area (Å²) in [5.41, 5.74) is 2.46. The lowest BCUT2D eigenvalue weighted by Gasteiger charge is -2.08. The molecule has 0 unspecified atom stereocenters. The smallest absolute Gasteiger partial charge is 0.278 e. The summed E-state index contributed by atoms with van der Waals surface area (Å²) >= 11 is 0. The quantitative estimate of drug-likeness (QED) is 0.506. The van der Waals surface area contributed by atoms with E-state index >= 15 is 0 Å². The van der Waals surface area contributed by atoms with Gasteiger partial charge in [0, 0.05) is 5.56 Å². The number of nitrogens with one attached hydrogen (secondary N) is 1. The van der Waals surface area contributed by atoms with E-state index in [0.29, 0.717) is 17.2 Å². The van der Waals surface area contributed by atoms with Crippen LogP contribution in [-0.4, -0.2) is 14.4 Å². The minimum atomic E-state index is -0.379. The summed E-state index contributed by atoms with van der Waals surface area (Å²) in [5.74, 6) is 0.408. The van der Waals surface area contributed by atoms with Crippen molar-refractivity contribution in [2.24, 2.45) is 0 Å². The minimum absolute atomic E-state index is 0.0683. The van der Waals surface area contributed by atoms with Crippen molar-refractivity contribution in [1.29, 1.82) is 5.26 Å². The van der Waals surface area contributed by atoms with Gasteiger partial charge < -0.3 is 4.98 Å². The van der Waals surface area contributed by atoms with Gasteiger partial charge >= 0.3 is 0 Å². The molecule has 5 aromatic rings. The third kappa shape index (κ3) is 2.40. The summed E-state index contributed by atoms with van der Waals surface area (Å²) in [6.45, 7) is 0. The van der Waals surface area contributed by atoms with Crippen molar-refractivity contribution >= 4 is 16.6 Å². The molecule has 0 radical (unpaired) electrons. The Morgan fingerprint density at radius 2 is 1.64 bits per heavy atom. The predicted octanol–water partition coefficient (Wildman–Crippen LogP) is 4.38. The normalized spacial score (nSPS) is 11.0. The fourth-order valence-corrected chi connectivity index (χ4v) is 3.52. The zero-order valence-electron chi connectivity index (χ0n) is 14.8. The lowest BCUT2D eigenvalue weighted by atomic mass is 10.1. The Balaban J connectivity index is 1.78. The first-order chi connectivity index (χ1) is 13.8. The van der Waals surface area contributed by atoms with E-state index in [-0.39, 0.29) is 11.1 Å². The lowest BCUT2D eigenvalue weighted by molar-refractivity contribution is 1.05. The first kappa shape index (κ1) is 16.0. The van der Waals surface area contributed by atoms with Crippen molar-refractivity contribution in [2.45, 2.75) is 0 Å². The predicted molar refractivity (Wildman–Crippen MR) is 109 cm³/mol. The van der Waals surface area contributed by atoms with Crippen LogP contribution < -0.4 is 5.56 Å². The summed E-state index contributed by atoms with van der Waals surface area (Å²) in [7, 11) is 0. The molecule has 5 nitrogen and oxygen atoms in total. The molecule has 2 heterocycles. The fraction of sp³-hybridized carbons (Fsp3) is 0. The number of aromatic amines is 1. The van der Waals surface area contributed by atoms with E-state index in [2.05, 4.69) is 16.0 Å². The average molecular weight is 362 g/mol. The second-order valence-electron chi connectivity index (χ2n) is 6.52. The van der Waals surface area contributed by atoms with Gasteiger partial charge in [-0.25, -0.2) is 9.38 Å². The maximum absolute atomic E-state index is 13.2. The van der Waals surface area contributed by atoms with E-state index < -0.39 is 0 Å². The highest BCUT2D eigenvalue weighted by atomic mass is 16.1. The highest BCUT2D eigenvalue weighted by Gasteiger charge is 2.17. The van der Waals surface area contributed by atoms with E-state index in [0.717, 1.165) is 21.9 Å². The summed E-state index contributed by atoms with van der Waals surface area (Å²) in [6.07, 6.45) is 1.66. The van der Waals surface area contributed by atoms with E-state index in [1.54, 1.807) is 6.20 Å². The molecule has 0 amide bonds. The molecule has 0 spiro atoms. The van der Waals surface area contributed by atoms with Crippen molar-refractivity contribution in [1.82, 2.24) is 14.4 Å². The maximum Gasteiger partial charge on any atom is 0.278 e. The highest BCUT2D eigenvalue weighted by Crippen LogP contribution is 2.26. The molecule has 0 fully saturated rings. The molecule has 0 saturated carbocycles. The van der Waals surface area contributed by atoms with Crippen LogP contribution in [0.25, 0.3) is 39.1 Å². The van der Waals surface area contributed by atoms with E-state index in [1.807, 2.05) is 72.8 Å². The van der Waals surface area contributed by atoms with Gasteiger partial charge in [-0.3, -0.25) is 4.79 Å². The topological polar surface area (TPSA) is 73.9 Å². The van der Waals surface area contributed by atoms with Crippen molar-refractivity contribution in [2.75, 3.05) is 0 Å². The van der Waals surface area contributed by atoms with Crippen LogP contribution in [0.5, 0.6) is 0 Å². The molecule has 1 N–H and O–H groups in total. The standard InChI is InChI=1S/C23H14N4O/c24-13-19-21(16-7-2-1-3-8-16)26-23-25-14-20(27(23)22(19)28)18-11-10-15-6-4-5-9-17(15)12-18/h1-12,14H,(H,25,26). The van der Waals surface area contributed by atoms with E-state index in [1.165, 1.54) is 4.40 Å². The third-order valence-corrected chi connectivity index (χ3v) is 4.89. The molecule has 2 aromatic heterocycles. The highest BCUT2D eigenvalue weighted by molar-refractivity contribution is 5.87. The molecular formula is C23H14N4O. The van der Waals surface area contributed by atoms with Gasteiger partial charge in [0.1, 0.15) is 11.6 Å². The average Bonchev–Trinajstić information content (AvgIpc) is 3.18. The third-order valence-electron chi connectivity index (χ3n) is 4.89. The molecule has 3 aromatic carbocycles. The Labute approximate surface area is 160 Å². The SMILES string of the molecule is N#Cc1c(-c2ccccc2)[nH]c2ncc(-c3ccc4ccccc4c3)n2c1=O. The van der Waals surface area contributed by atoms with Gasteiger partial charge in [0.15, 0.2) is 0 Å². The Hall–Kier alpha value is -4.17. The molecule has 132 valence electrons. The second kappa shape index (κ2) is 6.22. The number of benzene rings is 3. The largest absolute Gasteiger partial charge is 0.323 e. The Morgan fingerprint density at radius 1 is 0.893 bits per heavy atom. The van der Waals surface area contributed by atoms with Crippen molar-refractivity contribution in [3.8, 4) is 28.6 Å². The van der Waals surface area contributed by atoms with Crippen LogP contribution in [0.4, 0.5) is 0 Å². The number of nitriles is 1. The summed E-state index contributed by atoms with van der Waals surface area (Å²) in [4.78, 5) is 20.7. The van der Waals surface area contributed by atoms with Gasteiger partial charge in [-0.1, -0.05) is 66.7 Å². The fourth-order valence-electron chi connectivity index (χ4n) is 3.52. The molecular weight excluding hydrogens is 348 g/mol. The molecule has 5 heteroatoms. The van der Waals surface area contributed by atoms with Crippen LogP contribution in [0.2, 0.25) is 0 Å². The first-order valence-electron chi connectivity index (χ1n) is 8.85. The molecule has 0 aliphatic rings. The summed E-state index contributed by atoms with van der Waals surface area (Å²) in [5, 5.41) is 11.9. The van der Waals surface area contributed by atoms with Crippen LogP contribution in [-0.2, 0) is 0 Å². The number of imidazole rings is 1. The van der Waals surface area contributed by atoms with Crippen LogP contribution >= 0.6 is 0 Å². The zero-order valence-corrected chi connectivity index (χ0v) is 14.8. The molecule has 0 atom stereocenters. The lowest BCUT2D eigenvalue weighted by Crippen LogP contribution is -2.19. The first-order valence-corrected chi connectivity index (χ1v) is 8.85.